The van der Waals surface area contributed by atoms with Gasteiger partial charge in [0.2, 0.25) is 0 Å². The lowest BCUT2D eigenvalue weighted by atomic mass is 10.1. The van der Waals surface area contributed by atoms with E-state index in [1.807, 2.05) is 6.92 Å². The maximum absolute atomic E-state index is 8.79. The highest BCUT2D eigenvalue weighted by Gasteiger charge is 2.19. The van der Waals surface area contributed by atoms with E-state index < -0.39 is 0 Å². The first kappa shape index (κ1) is 9.96. The Labute approximate surface area is 74.8 Å². The fraction of sp³-hybridized carbons (Fsp3) is 1.00. The molecule has 0 aromatic rings. The van der Waals surface area contributed by atoms with Crippen molar-refractivity contribution >= 4 is 0 Å². The minimum Gasteiger partial charge on any atom is -0.395 e. The van der Waals surface area contributed by atoms with E-state index in [0.717, 1.165) is 12.5 Å². The van der Waals surface area contributed by atoms with Gasteiger partial charge in [-0.2, -0.15) is 0 Å². The lowest BCUT2D eigenvalue weighted by Gasteiger charge is -2.15. The maximum atomic E-state index is 8.79. The molecule has 1 aliphatic heterocycles. The number of aliphatic hydroxyl groups is 1. The molecule has 2 atom stereocenters. The molecular formula is C9H20N2O. The van der Waals surface area contributed by atoms with Gasteiger partial charge in [0.05, 0.1) is 6.61 Å². The molecule has 0 spiro atoms. The normalized spacial score (nSPS) is 27.8. The Hall–Kier alpha value is -0.120. The minimum atomic E-state index is 0.239. The molecule has 1 rings (SSSR count). The van der Waals surface area contributed by atoms with Gasteiger partial charge in [-0.25, -0.2) is 0 Å². The highest BCUT2D eigenvalue weighted by Crippen LogP contribution is 2.12. The molecule has 1 fully saturated rings. The van der Waals surface area contributed by atoms with E-state index >= 15 is 0 Å². The molecule has 12 heavy (non-hydrogen) atoms. The minimum absolute atomic E-state index is 0.239. The first-order chi connectivity index (χ1) is 5.72. The van der Waals surface area contributed by atoms with Gasteiger partial charge in [-0.05, 0) is 39.4 Å². The molecule has 0 bridgehead atoms. The van der Waals surface area contributed by atoms with Crippen LogP contribution in [0, 0.1) is 5.92 Å². The number of aliphatic hydroxyl groups excluding tert-OH is 1. The topological polar surface area (TPSA) is 35.5 Å². The fourth-order valence-electron chi connectivity index (χ4n) is 1.63. The van der Waals surface area contributed by atoms with Crippen LogP contribution in [0.1, 0.15) is 13.3 Å². The van der Waals surface area contributed by atoms with Gasteiger partial charge in [0.25, 0.3) is 0 Å². The molecule has 0 amide bonds. The van der Waals surface area contributed by atoms with E-state index in [1.165, 1.54) is 19.5 Å². The number of hydrogen-bond acceptors (Lipinski definition) is 3. The third kappa shape index (κ3) is 3.09. The van der Waals surface area contributed by atoms with Crippen molar-refractivity contribution in [2.75, 3.05) is 33.3 Å². The molecule has 0 saturated carbocycles. The quantitative estimate of drug-likeness (QED) is 0.622. The molecule has 0 aromatic heterocycles. The van der Waals surface area contributed by atoms with Crippen LogP contribution in [0.2, 0.25) is 0 Å². The van der Waals surface area contributed by atoms with E-state index in [9.17, 15) is 0 Å². The van der Waals surface area contributed by atoms with Gasteiger partial charge in [0.1, 0.15) is 0 Å². The van der Waals surface area contributed by atoms with Crippen LogP contribution >= 0.6 is 0 Å². The van der Waals surface area contributed by atoms with E-state index in [0.29, 0.717) is 0 Å². The van der Waals surface area contributed by atoms with Crippen molar-refractivity contribution < 1.29 is 5.11 Å². The summed E-state index contributed by atoms with van der Waals surface area (Å²) in [7, 11) is 2.16. The van der Waals surface area contributed by atoms with Gasteiger partial charge in [-0.3, -0.25) is 0 Å². The van der Waals surface area contributed by atoms with Crippen molar-refractivity contribution in [1.82, 2.24) is 10.2 Å². The Bertz CT molecular complexity index is 130. The van der Waals surface area contributed by atoms with Crippen molar-refractivity contribution in [3.8, 4) is 0 Å². The number of hydrogen-bond donors (Lipinski definition) is 2. The van der Waals surface area contributed by atoms with Crippen LogP contribution in [-0.2, 0) is 0 Å². The van der Waals surface area contributed by atoms with Crippen LogP contribution in [0.15, 0.2) is 0 Å². The smallest absolute Gasteiger partial charge is 0.0581 e. The highest BCUT2D eigenvalue weighted by atomic mass is 16.3. The highest BCUT2D eigenvalue weighted by molar-refractivity contribution is 4.75. The SMILES string of the molecule is CC(CO)NCC1CCN(C)C1. The summed E-state index contributed by atoms with van der Waals surface area (Å²) < 4.78 is 0. The molecule has 3 nitrogen and oxygen atoms in total. The number of likely N-dealkylation sites (tertiary alicyclic amines) is 1. The molecule has 0 aromatic carbocycles. The van der Waals surface area contributed by atoms with Crippen LogP contribution in [0.3, 0.4) is 0 Å². The zero-order chi connectivity index (χ0) is 8.97. The van der Waals surface area contributed by atoms with Gasteiger partial charge in [-0.15, -0.1) is 0 Å². The van der Waals surface area contributed by atoms with Crippen LogP contribution in [0.5, 0.6) is 0 Å². The third-order valence-electron chi connectivity index (χ3n) is 2.52. The monoisotopic (exact) mass is 172 g/mol. The summed E-state index contributed by atoms with van der Waals surface area (Å²) >= 11 is 0. The van der Waals surface area contributed by atoms with Gasteiger partial charge >= 0.3 is 0 Å². The van der Waals surface area contributed by atoms with E-state index in [4.69, 9.17) is 5.11 Å². The van der Waals surface area contributed by atoms with E-state index in [-0.39, 0.29) is 12.6 Å². The predicted octanol–water partition coefficient (Wildman–Crippen LogP) is -0.0915. The van der Waals surface area contributed by atoms with Crippen LogP contribution < -0.4 is 5.32 Å². The van der Waals surface area contributed by atoms with Crippen LogP contribution in [0.25, 0.3) is 0 Å². The third-order valence-corrected chi connectivity index (χ3v) is 2.52. The van der Waals surface area contributed by atoms with Crippen molar-refractivity contribution in [2.45, 2.75) is 19.4 Å². The molecule has 3 heteroatoms. The van der Waals surface area contributed by atoms with Gasteiger partial charge in [0, 0.05) is 12.6 Å². The van der Waals surface area contributed by atoms with Crippen molar-refractivity contribution in [2.24, 2.45) is 5.92 Å². The summed E-state index contributed by atoms with van der Waals surface area (Å²) in [6.45, 7) is 5.72. The predicted molar refractivity (Wildman–Crippen MR) is 50.2 cm³/mol. The molecule has 1 aliphatic rings. The summed E-state index contributed by atoms with van der Waals surface area (Å²) in [5.74, 6) is 0.781. The summed E-state index contributed by atoms with van der Waals surface area (Å²) in [4.78, 5) is 2.36. The first-order valence-electron chi connectivity index (χ1n) is 4.75. The molecule has 0 radical (unpaired) electrons. The van der Waals surface area contributed by atoms with Gasteiger partial charge in [-0.1, -0.05) is 0 Å². The van der Waals surface area contributed by atoms with Crippen LogP contribution in [-0.4, -0.2) is 49.3 Å². The average Bonchev–Trinajstić information content (AvgIpc) is 2.47. The maximum Gasteiger partial charge on any atom is 0.0581 e. The molecule has 2 unspecified atom stereocenters. The Kier molecular flexibility index (Phi) is 3.98. The Balaban J connectivity index is 2.07. The van der Waals surface area contributed by atoms with Gasteiger partial charge in [0.15, 0.2) is 0 Å². The van der Waals surface area contributed by atoms with Crippen molar-refractivity contribution in [3.63, 3.8) is 0 Å². The number of nitrogens with zero attached hydrogens (tertiary/aromatic N) is 1. The van der Waals surface area contributed by atoms with Crippen molar-refractivity contribution in [1.29, 1.82) is 0 Å². The molecule has 0 aliphatic carbocycles. The summed E-state index contributed by atoms with van der Waals surface area (Å²) in [6.07, 6.45) is 1.29. The van der Waals surface area contributed by atoms with Crippen LogP contribution in [0.4, 0.5) is 0 Å². The lowest BCUT2D eigenvalue weighted by Crippen LogP contribution is -2.34. The zero-order valence-electron chi connectivity index (χ0n) is 8.08. The molecule has 1 saturated heterocycles. The van der Waals surface area contributed by atoms with Crippen molar-refractivity contribution in [3.05, 3.63) is 0 Å². The van der Waals surface area contributed by atoms with E-state index in [2.05, 4.69) is 17.3 Å². The second kappa shape index (κ2) is 4.80. The number of nitrogens with one attached hydrogen (secondary N) is 1. The summed E-state index contributed by atoms with van der Waals surface area (Å²) in [6, 6.07) is 0.246. The second-order valence-corrected chi connectivity index (χ2v) is 3.91. The Morgan fingerprint density at radius 3 is 2.92 bits per heavy atom. The number of rotatable bonds is 4. The molecular weight excluding hydrogens is 152 g/mol. The Morgan fingerprint density at radius 1 is 1.67 bits per heavy atom. The summed E-state index contributed by atoms with van der Waals surface area (Å²) in [5.41, 5.74) is 0. The summed E-state index contributed by atoms with van der Waals surface area (Å²) in [5, 5.41) is 12.1. The molecule has 72 valence electrons. The zero-order valence-corrected chi connectivity index (χ0v) is 8.08. The first-order valence-corrected chi connectivity index (χ1v) is 4.75. The standard InChI is InChI=1S/C9H20N2O/c1-8(7-12)10-5-9-3-4-11(2)6-9/h8-10,12H,3-7H2,1-2H3. The Morgan fingerprint density at radius 2 is 2.42 bits per heavy atom. The van der Waals surface area contributed by atoms with Gasteiger partial charge < -0.3 is 15.3 Å². The lowest BCUT2D eigenvalue weighted by molar-refractivity contribution is 0.246. The fourth-order valence-corrected chi connectivity index (χ4v) is 1.63. The largest absolute Gasteiger partial charge is 0.395 e. The second-order valence-electron chi connectivity index (χ2n) is 3.91. The average molecular weight is 172 g/mol. The van der Waals surface area contributed by atoms with E-state index in [1.54, 1.807) is 0 Å². The molecule has 1 heterocycles. The molecule has 2 N–H and O–H groups in total.